The molecule has 14 heavy (non-hydrogen) atoms. The molecule has 0 saturated carbocycles. The Morgan fingerprint density at radius 1 is 1.14 bits per heavy atom. The van der Waals surface area contributed by atoms with Gasteiger partial charge in [-0.1, -0.05) is 6.07 Å². The summed E-state index contributed by atoms with van der Waals surface area (Å²) in [4.78, 5) is 0. The van der Waals surface area contributed by atoms with E-state index in [-0.39, 0.29) is 0 Å². The van der Waals surface area contributed by atoms with Gasteiger partial charge < -0.3 is 14.9 Å². The molecule has 0 aromatic heterocycles. The highest BCUT2D eigenvalue weighted by molar-refractivity contribution is 5.38. The predicted molar refractivity (Wildman–Crippen MR) is 52.4 cm³/mol. The van der Waals surface area contributed by atoms with Crippen LogP contribution in [0.2, 0.25) is 0 Å². The topological polar surface area (TPSA) is 49.7 Å². The molecule has 1 aromatic rings. The second kappa shape index (κ2) is 3.59. The maximum Gasteiger partial charge on any atom is 0.119 e. The number of fused-ring (bicyclic) bond motifs is 1. The number of hydrogen-bond donors (Lipinski definition) is 2. The molecular weight excluding hydrogens is 180 g/mol. The molecule has 0 unspecified atom stereocenters. The van der Waals surface area contributed by atoms with E-state index in [0.29, 0.717) is 12.8 Å². The summed E-state index contributed by atoms with van der Waals surface area (Å²) in [6, 6.07) is 5.75. The summed E-state index contributed by atoms with van der Waals surface area (Å²) in [5.41, 5.74) is 2.17. The van der Waals surface area contributed by atoms with Gasteiger partial charge in [0, 0.05) is 12.8 Å². The van der Waals surface area contributed by atoms with Crippen molar-refractivity contribution in [2.75, 3.05) is 7.11 Å². The van der Waals surface area contributed by atoms with E-state index in [2.05, 4.69) is 0 Å². The van der Waals surface area contributed by atoms with Gasteiger partial charge in [-0.05, 0) is 23.3 Å². The Hall–Kier alpha value is -1.06. The number of ether oxygens (including phenoxy) is 1. The van der Waals surface area contributed by atoms with Crippen LogP contribution < -0.4 is 4.74 Å². The van der Waals surface area contributed by atoms with Gasteiger partial charge >= 0.3 is 0 Å². The normalized spacial score (nSPS) is 25.6. The third-order valence-electron chi connectivity index (χ3n) is 2.72. The summed E-state index contributed by atoms with van der Waals surface area (Å²) >= 11 is 0. The molecule has 0 saturated heterocycles. The molecule has 0 aliphatic heterocycles. The van der Waals surface area contributed by atoms with Crippen LogP contribution in [0, 0.1) is 0 Å². The number of aliphatic hydroxyl groups is 2. The van der Waals surface area contributed by atoms with Crippen molar-refractivity contribution in [2.24, 2.45) is 0 Å². The zero-order chi connectivity index (χ0) is 10.1. The lowest BCUT2D eigenvalue weighted by Crippen LogP contribution is -2.34. The van der Waals surface area contributed by atoms with E-state index in [1.807, 2.05) is 18.2 Å². The van der Waals surface area contributed by atoms with Gasteiger partial charge in [0.15, 0.2) is 0 Å². The highest BCUT2D eigenvalue weighted by Crippen LogP contribution is 2.25. The average Bonchev–Trinajstić information content (AvgIpc) is 2.19. The molecule has 1 aromatic carbocycles. The molecule has 1 aliphatic rings. The van der Waals surface area contributed by atoms with E-state index in [0.717, 1.165) is 16.9 Å². The highest BCUT2D eigenvalue weighted by Gasteiger charge is 2.24. The summed E-state index contributed by atoms with van der Waals surface area (Å²) < 4.78 is 5.10. The van der Waals surface area contributed by atoms with Crippen molar-refractivity contribution in [2.45, 2.75) is 25.0 Å². The van der Waals surface area contributed by atoms with Crippen LogP contribution in [-0.2, 0) is 12.8 Å². The average molecular weight is 194 g/mol. The number of aliphatic hydroxyl groups excluding tert-OH is 2. The molecule has 3 nitrogen and oxygen atoms in total. The summed E-state index contributed by atoms with van der Waals surface area (Å²) in [7, 11) is 1.62. The van der Waals surface area contributed by atoms with Crippen LogP contribution in [0.3, 0.4) is 0 Å². The number of benzene rings is 1. The fraction of sp³-hybridized carbons (Fsp3) is 0.455. The fourth-order valence-corrected chi connectivity index (χ4v) is 1.84. The van der Waals surface area contributed by atoms with Crippen molar-refractivity contribution < 1.29 is 14.9 Å². The number of hydrogen-bond acceptors (Lipinski definition) is 3. The molecule has 2 rings (SSSR count). The first kappa shape index (κ1) is 9.49. The molecule has 0 radical (unpaired) electrons. The van der Waals surface area contributed by atoms with Gasteiger partial charge in [0.2, 0.25) is 0 Å². The van der Waals surface area contributed by atoms with E-state index < -0.39 is 12.2 Å². The fourth-order valence-electron chi connectivity index (χ4n) is 1.84. The second-order valence-electron chi connectivity index (χ2n) is 3.68. The molecule has 2 atom stereocenters. The van der Waals surface area contributed by atoms with Gasteiger partial charge in [-0.2, -0.15) is 0 Å². The van der Waals surface area contributed by atoms with Crippen LogP contribution in [0.4, 0.5) is 0 Å². The first-order valence-corrected chi connectivity index (χ1v) is 4.72. The Kier molecular flexibility index (Phi) is 2.44. The Morgan fingerprint density at radius 3 is 2.43 bits per heavy atom. The molecular formula is C11H14O3. The van der Waals surface area contributed by atoms with E-state index in [1.165, 1.54) is 0 Å². The lowest BCUT2D eigenvalue weighted by atomic mass is 9.88. The molecule has 0 heterocycles. The van der Waals surface area contributed by atoms with Crippen molar-refractivity contribution in [1.82, 2.24) is 0 Å². The van der Waals surface area contributed by atoms with Gasteiger partial charge in [-0.25, -0.2) is 0 Å². The van der Waals surface area contributed by atoms with E-state index in [4.69, 9.17) is 4.74 Å². The Bertz CT molecular complexity index is 335. The smallest absolute Gasteiger partial charge is 0.119 e. The lowest BCUT2D eigenvalue weighted by Gasteiger charge is -2.26. The second-order valence-corrected chi connectivity index (χ2v) is 3.68. The van der Waals surface area contributed by atoms with E-state index >= 15 is 0 Å². The van der Waals surface area contributed by atoms with Crippen LogP contribution in [0.1, 0.15) is 11.1 Å². The molecule has 3 heteroatoms. The third kappa shape index (κ3) is 1.61. The lowest BCUT2D eigenvalue weighted by molar-refractivity contribution is 0.0141. The van der Waals surface area contributed by atoms with Crippen molar-refractivity contribution >= 4 is 0 Å². The predicted octanol–water partition coefficient (Wildman–Crippen LogP) is 0.516. The Morgan fingerprint density at radius 2 is 1.79 bits per heavy atom. The largest absolute Gasteiger partial charge is 0.497 e. The molecule has 0 spiro atoms. The molecule has 0 bridgehead atoms. The standard InChI is InChI=1S/C11H14O3/c1-14-9-3-2-7-5-10(12)11(13)6-8(7)4-9/h2-4,10-13H,5-6H2,1H3/t10-,11+/m1/s1. The maximum atomic E-state index is 9.50. The third-order valence-corrected chi connectivity index (χ3v) is 2.72. The minimum Gasteiger partial charge on any atom is -0.497 e. The van der Waals surface area contributed by atoms with Gasteiger partial charge in [-0.3, -0.25) is 0 Å². The Balaban J connectivity index is 2.33. The van der Waals surface area contributed by atoms with Crippen molar-refractivity contribution in [1.29, 1.82) is 0 Å². The molecule has 2 N–H and O–H groups in total. The SMILES string of the molecule is COc1ccc2c(c1)C[C@H](O)[C@H](O)C2. The van der Waals surface area contributed by atoms with Crippen molar-refractivity contribution in [3.05, 3.63) is 29.3 Å². The molecule has 1 aliphatic carbocycles. The summed E-state index contributed by atoms with van der Waals surface area (Å²) in [6.45, 7) is 0. The van der Waals surface area contributed by atoms with Gasteiger partial charge in [-0.15, -0.1) is 0 Å². The summed E-state index contributed by atoms with van der Waals surface area (Å²) in [5.74, 6) is 0.798. The molecule has 76 valence electrons. The van der Waals surface area contributed by atoms with Crippen LogP contribution >= 0.6 is 0 Å². The van der Waals surface area contributed by atoms with Crippen molar-refractivity contribution in [3.63, 3.8) is 0 Å². The van der Waals surface area contributed by atoms with Crippen LogP contribution in [0.15, 0.2) is 18.2 Å². The summed E-state index contributed by atoms with van der Waals surface area (Å²) in [6.07, 6.45) is -0.237. The van der Waals surface area contributed by atoms with E-state index in [1.54, 1.807) is 7.11 Å². The maximum absolute atomic E-state index is 9.50. The zero-order valence-corrected chi connectivity index (χ0v) is 8.10. The van der Waals surface area contributed by atoms with Gasteiger partial charge in [0.25, 0.3) is 0 Å². The van der Waals surface area contributed by atoms with E-state index in [9.17, 15) is 10.2 Å². The monoisotopic (exact) mass is 194 g/mol. The van der Waals surface area contributed by atoms with Crippen LogP contribution in [0.5, 0.6) is 5.75 Å². The minimum atomic E-state index is -0.644. The first-order valence-electron chi connectivity index (χ1n) is 4.72. The zero-order valence-electron chi connectivity index (χ0n) is 8.10. The highest BCUT2D eigenvalue weighted by atomic mass is 16.5. The minimum absolute atomic E-state index is 0.508. The van der Waals surface area contributed by atoms with Crippen LogP contribution in [-0.4, -0.2) is 29.5 Å². The van der Waals surface area contributed by atoms with Crippen molar-refractivity contribution in [3.8, 4) is 5.75 Å². The number of rotatable bonds is 1. The van der Waals surface area contributed by atoms with Crippen LogP contribution in [0.25, 0.3) is 0 Å². The van der Waals surface area contributed by atoms with Gasteiger partial charge in [0.1, 0.15) is 5.75 Å². The first-order chi connectivity index (χ1) is 6.70. The molecule has 0 amide bonds. The molecule has 0 fully saturated rings. The quantitative estimate of drug-likeness (QED) is 0.685. The Labute approximate surface area is 83.0 Å². The number of methoxy groups -OCH3 is 1. The summed E-state index contributed by atoms with van der Waals surface area (Å²) in [5, 5.41) is 19.0. The van der Waals surface area contributed by atoms with Gasteiger partial charge in [0.05, 0.1) is 19.3 Å².